The van der Waals surface area contributed by atoms with Gasteiger partial charge in [-0.3, -0.25) is 4.79 Å². The summed E-state index contributed by atoms with van der Waals surface area (Å²) in [6.07, 6.45) is -3.29. The van der Waals surface area contributed by atoms with E-state index in [1.165, 1.54) is 12.1 Å². The lowest BCUT2D eigenvalue weighted by Gasteiger charge is -2.34. The predicted molar refractivity (Wildman–Crippen MR) is 103 cm³/mol. The monoisotopic (exact) mass is 386 g/mol. The van der Waals surface area contributed by atoms with Crippen LogP contribution in [0.3, 0.4) is 0 Å². The minimum Gasteiger partial charge on any atom is -0.372 e. The highest BCUT2D eigenvalue weighted by atomic mass is 19.4. The Bertz CT molecular complexity index is 958. The molecule has 1 atom stereocenters. The van der Waals surface area contributed by atoms with Gasteiger partial charge < -0.3 is 10.6 Å². The van der Waals surface area contributed by atoms with E-state index < -0.39 is 17.8 Å². The molecule has 0 saturated carbocycles. The van der Waals surface area contributed by atoms with Gasteiger partial charge in [-0.1, -0.05) is 38.1 Å². The van der Waals surface area contributed by atoms with Crippen molar-refractivity contribution in [3.05, 3.63) is 70.9 Å². The number of benzene rings is 2. The molecule has 2 aliphatic rings. The van der Waals surface area contributed by atoms with E-state index >= 15 is 0 Å². The van der Waals surface area contributed by atoms with Crippen LogP contribution in [0.4, 0.5) is 24.5 Å². The van der Waals surface area contributed by atoms with Gasteiger partial charge in [0.15, 0.2) is 5.78 Å². The second-order valence-corrected chi connectivity index (χ2v) is 8.20. The highest BCUT2D eigenvalue weighted by Crippen LogP contribution is 2.45. The first-order chi connectivity index (χ1) is 13.1. The van der Waals surface area contributed by atoms with Gasteiger partial charge in [-0.15, -0.1) is 0 Å². The third kappa shape index (κ3) is 3.39. The van der Waals surface area contributed by atoms with Crippen molar-refractivity contribution in [1.82, 2.24) is 0 Å². The van der Waals surface area contributed by atoms with Crippen LogP contribution < -0.4 is 10.6 Å². The van der Waals surface area contributed by atoms with E-state index in [0.29, 0.717) is 24.0 Å². The van der Waals surface area contributed by atoms with E-state index in [4.69, 9.17) is 0 Å². The van der Waals surface area contributed by atoms with E-state index in [2.05, 4.69) is 10.6 Å². The molecule has 0 aromatic heterocycles. The van der Waals surface area contributed by atoms with Gasteiger partial charge >= 0.3 is 6.18 Å². The molecule has 0 amide bonds. The molecule has 2 N–H and O–H groups in total. The Morgan fingerprint density at radius 3 is 2.25 bits per heavy atom. The van der Waals surface area contributed by atoms with Crippen molar-refractivity contribution in [1.29, 1.82) is 0 Å². The number of anilines is 2. The third-order valence-electron chi connectivity index (χ3n) is 5.29. The molecule has 0 saturated heterocycles. The topological polar surface area (TPSA) is 41.1 Å². The first-order valence-corrected chi connectivity index (χ1v) is 9.20. The number of nitrogens with one attached hydrogen (secondary N) is 2. The Morgan fingerprint density at radius 1 is 0.964 bits per heavy atom. The third-order valence-corrected chi connectivity index (χ3v) is 5.29. The average Bonchev–Trinajstić information content (AvgIpc) is 2.76. The minimum absolute atomic E-state index is 0.0176. The summed E-state index contributed by atoms with van der Waals surface area (Å²) in [5.74, 6) is 0.0176. The van der Waals surface area contributed by atoms with Gasteiger partial charge in [0.2, 0.25) is 0 Å². The largest absolute Gasteiger partial charge is 0.416 e. The van der Waals surface area contributed by atoms with Crippen molar-refractivity contribution < 1.29 is 18.0 Å². The van der Waals surface area contributed by atoms with Crippen molar-refractivity contribution in [2.24, 2.45) is 5.41 Å². The van der Waals surface area contributed by atoms with E-state index in [0.717, 1.165) is 29.2 Å². The van der Waals surface area contributed by atoms with Crippen LogP contribution in [0, 0.1) is 5.41 Å². The lowest BCUT2D eigenvalue weighted by molar-refractivity contribution is -0.137. The Hall–Kier alpha value is -2.76. The Balaban J connectivity index is 1.83. The smallest absolute Gasteiger partial charge is 0.372 e. The van der Waals surface area contributed by atoms with Crippen LogP contribution in [-0.2, 0) is 11.0 Å². The zero-order chi connectivity index (χ0) is 20.1. The molecule has 6 heteroatoms. The second-order valence-electron chi connectivity index (χ2n) is 8.20. The van der Waals surface area contributed by atoms with Gasteiger partial charge in [0.1, 0.15) is 0 Å². The molecule has 28 heavy (non-hydrogen) atoms. The molecule has 1 heterocycles. The summed E-state index contributed by atoms with van der Waals surface area (Å²) in [5.41, 5.74) is 2.87. The van der Waals surface area contributed by atoms with Crippen LogP contribution in [0.1, 0.15) is 43.9 Å². The normalized spacial score (nSPS) is 21.2. The molecule has 0 radical (unpaired) electrons. The van der Waals surface area contributed by atoms with Gasteiger partial charge in [-0.05, 0) is 41.7 Å². The summed E-state index contributed by atoms with van der Waals surface area (Å²) in [7, 11) is 0. The zero-order valence-corrected chi connectivity index (χ0v) is 15.7. The highest BCUT2D eigenvalue weighted by Gasteiger charge is 2.39. The number of para-hydroxylation sites is 2. The van der Waals surface area contributed by atoms with Crippen molar-refractivity contribution in [2.75, 3.05) is 10.6 Å². The second kappa shape index (κ2) is 6.40. The van der Waals surface area contributed by atoms with Crippen LogP contribution in [0.2, 0.25) is 0 Å². The van der Waals surface area contributed by atoms with Crippen LogP contribution in [-0.4, -0.2) is 5.78 Å². The number of Topliss-reactive ketones (excluding diaryl/α,β-unsaturated/α-hetero) is 1. The maximum absolute atomic E-state index is 13.0. The molecule has 0 fully saturated rings. The van der Waals surface area contributed by atoms with Crippen LogP contribution >= 0.6 is 0 Å². The first-order valence-electron chi connectivity index (χ1n) is 9.20. The van der Waals surface area contributed by atoms with Gasteiger partial charge in [0, 0.05) is 17.7 Å². The molecule has 3 nitrogen and oxygen atoms in total. The van der Waals surface area contributed by atoms with Crippen LogP contribution in [0.5, 0.6) is 0 Å². The standard InChI is InChI=1S/C22H21F3N2O/c1-21(2)11-17-19(18(28)12-21)20(27-16-6-4-3-5-15(16)26-17)13-7-9-14(10-8-13)22(23,24)25/h3-10,20,26-27H,11-12H2,1-2H3/t20-/m1/s1. The van der Waals surface area contributed by atoms with E-state index in [-0.39, 0.29) is 11.2 Å². The molecule has 4 rings (SSSR count). The molecule has 0 unspecified atom stereocenters. The SMILES string of the molecule is CC1(C)CC(=O)C2=C(C1)Nc1ccccc1N[C@@H]2c1ccc(C(F)(F)F)cc1. The number of rotatable bonds is 1. The average molecular weight is 386 g/mol. The highest BCUT2D eigenvalue weighted by molar-refractivity contribution is 6.01. The van der Waals surface area contributed by atoms with Crippen molar-refractivity contribution in [3.63, 3.8) is 0 Å². The molecule has 0 bridgehead atoms. The molecule has 0 spiro atoms. The number of hydrogen-bond donors (Lipinski definition) is 2. The zero-order valence-electron chi connectivity index (χ0n) is 15.7. The number of hydrogen-bond acceptors (Lipinski definition) is 3. The van der Waals surface area contributed by atoms with Crippen LogP contribution in [0.15, 0.2) is 59.8 Å². The van der Waals surface area contributed by atoms with Crippen molar-refractivity contribution in [2.45, 2.75) is 38.9 Å². The summed E-state index contributed by atoms with van der Waals surface area (Å²) >= 11 is 0. The fourth-order valence-electron chi connectivity index (χ4n) is 4.00. The summed E-state index contributed by atoms with van der Waals surface area (Å²) < 4.78 is 38.9. The fraction of sp³-hybridized carbons (Fsp3) is 0.318. The van der Waals surface area contributed by atoms with E-state index in [1.807, 2.05) is 38.1 Å². The van der Waals surface area contributed by atoms with Gasteiger partial charge in [-0.2, -0.15) is 13.2 Å². The van der Waals surface area contributed by atoms with E-state index in [1.54, 1.807) is 0 Å². The Kier molecular flexibility index (Phi) is 4.25. The van der Waals surface area contributed by atoms with Crippen molar-refractivity contribution >= 4 is 17.2 Å². The summed E-state index contributed by atoms with van der Waals surface area (Å²) in [5, 5.41) is 6.77. The van der Waals surface area contributed by atoms with Crippen molar-refractivity contribution in [3.8, 4) is 0 Å². The summed E-state index contributed by atoms with van der Waals surface area (Å²) in [4.78, 5) is 13.0. The summed E-state index contributed by atoms with van der Waals surface area (Å²) in [6, 6.07) is 12.1. The number of allylic oxidation sites excluding steroid dienone is 1. The predicted octanol–water partition coefficient (Wildman–Crippen LogP) is 5.93. The molecule has 1 aliphatic carbocycles. The molecule has 1 aliphatic heterocycles. The Morgan fingerprint density at radius 2 is 1.61 bits per heavy atom. The maximum Gasteiger partial charge on any atom is 0.416 e. The van der Waals surface area contributed by atoms with Gasteiger partial charge in [0.25, 0.3) is 0 Å². The number of carbonyl (C=O) groups is 1. The van der Waals surface area contributed by atoms with Crippen LogP contribution in [0.25, 0.3) is 0 Å². The number of halogens is 3. The molecule has 2 aromatic rings. The number of carbonyl (C=O) groups excluding carboxylic acids is 1. The molecule has 146 valence electrons. The maximum atomic E-state index is 13.0. The van der Waals surface area contributed by atoms with Gasteiger partial charge in [0.05, 0.1) is 23.0 Å². The van der Waals surface area contributed by atoms with E-state index in [9.17, 15) is 18.0 Å². The number of ketones is 1. The molecular weight excluding hydrogens is 365 g/mol. The number of alkyl halides is 3. The lowest BCUT2D eigenvalue weighted by atomic mass is 9.73. The molecule has 2 aromatic carbocycles. The minimum atomic E-state index is -4.39. The lowest BCUT2D eigenvalue weighted by Crippen LogP contribution is -2.31. The van der Waals surface area contributed by atoms with Gasteiger partial charge in [-0.25, -0.2) is 0 Å². The summed E-state index contributed by atoms with van der Waals surface area (Å²) in [6.45, 7) is 4.10. The number of fused-ring (bicyclic) bond motifs is 1. The fourth-order valence-corrected chi connectivity index (χ4v) is 4.00. The molecular formula is C22H21F3N2O. The quantitative estimate of drug-likeness (QED) is 0.638. The first kappa shape index (κ1) is 18.6. The Labute approximate surface area is 161 Å².